The molecule has 0 radical (unpaired) electrons. The van der Waals surface area contributed by atoms with E-state index >= 15 is 0 Å². The summed E-state index contributed by atoms with van der Waals surface area (Å²) in [7, 11) is 1.65. The number of rotatable bonds is 4. The number of halogens is 3. The highest BCUT2D eigenvalue weighted by atomic mass is 19.4. The Morgan fingerprint density at radius 1 is 1.12 bits per heavy atom. The number of aryl methyl sites for hydroxylation is 1. The van der Waals surface area contributed by atoms with Gasteiger partial charge >= 0.3 is 12.2 Å². The third kappa shape index (κ3) is 5.00. The monoisotopic (exact) mass is 473 g/mol. The fourth-order valence-corrected chi connectivity index (χ4v) is 4.12. The maximum Gasteiger partial charge on any atom is 0.433 e. The Labute approximate surface area is 194 Å². The molecule has 0 atom stereocenters. The van der Waals surface area contributed by atoms with Gasteiger partial charge in [-0.15, -0.1) is 0 Å². The minimum absolute atomic E-state index is 0.0155. The molecule has 1 saturated heterocycles. The molecule has 0 aliphatic carbocycles. The van der Waals surface area contributed by atoms with E-state index in [4.69, 9.17) is 0 Å². The van der Waals surface area contributed by atoms with Gasteiger partial charge in [0, 0.05) is 43.7 Å². The second-order valence-electron chi connectivity index (χ2n) is 8.62. The number of nitrogens with one attached hydrogen (secondary N) is 2. The minimum atomic E-state index is -4.55. The van der Waals surface area contributed by atoms with Gasteiger partial charge in [-0.1, -0.05) is 19.1 Å². The van der Waals surface area contributed by atoms with Crippen molar-refractivity contribution in [3.8, 4) is 0 Å². The van der Waals surface area contributed by atoms with E-state index in [0.717, 1.165) is 18.9 Å². The molecule has 34 heavy (non-hydrogen) atoms. The van der Waals surface area contributed by atoms with Gasteiger partial charge in [0.25, 0.3) is 5.56 Å². The molecule has 0 unspecified atom stereocenters. The van der Waals surface area contributed by atoms with E-state index in [1.54, 1.807) is 31.3 Å². The van der Waals surface area contributed by atoms with Crippen molar-refractivity contribution < 1.29 is 18.0 Å². The molecule has 0 saturated carbocycles. The van der Waals surface area contributed by atoms with Crippen LogP contribution in [0.25, 0.3) is 10.9 Å². The fraction of sp³-hybridized carbons (Fsp3) is 0.375. The zero-order valence-corrected chi connectivity index (χ0v) is 18.9. The lowest BCUT2D eigenvalue weighted by Gasteiger charge is -2.33. The predicted octanol–water partition coefficient (Wildman–Crippen LogP) is 4.51. The summed E-state index contributed by atoms with van der Waals surface area (Å²) in [5.41, 5.74) is 0.581. The van der Waals surface area contributed by atoms with Gasteiger partial charge < -0.3 is 20.1 Å². The van der Waals surface area contributed by atoms with Crippen LogP contribution in [0.5, 0.6) is 0 Å². The molecule has 4 rings (SSSR count). The molecule has 3 heterocycles. The van der Waals surface area contributed by atoms with E-state index in [0.29, 0.717) is 41.2 Å². The van der Waals surface area contributed by atoms with Crippen molar-refractivity contribution in [1.29, 1.82) is 0 Å². The number of alkyl halides is 3. The zero-order valence-electron chi connectivity index (χ0n) is 18.9. The number of urea groups is 1. The van der Waals surface area contributed by atoms with Crippen molar-refractivity contribution in [1.82, 2.24) is 14.9 Å². The van der Waals surface area contributed by atoms with Gasteiger partial charge in [-0.25, -0.2) is 9.78 Å². The van der Waals surface area contributed by atoms with E-state index in [-0.39, 0.29) is 17.9 Å². The zero-order chi connectivity index (χ0) is 24.5. The van der Waals surface area contributed by atoms with Crippen molar-refractivity contribution in [3.63, 3.8) is 0 Å². The van der Waals surface area contributed by atoms with E-state index in [1.165, 1.54) is 16.7 Å². The Morgan fingerprint density at radius 2 is 1.85 bits per heavy atom. The molecule has 1 aromatic carbocycles. The molecule has 1 aliphatic heterocycles. The van der Waals surface area contributed by atoms with Crippen molar-refractivity contribution in [3.05, 3.63) is 64.1 Å². The summed E-state index contributed by atoms with van der Waals surface area (Å²) < 4.78 is 41.3. The number of nitrogens with zero attached hydrogens (tertiary/aromatic N) is 3. The summed E-state index contributed by atoms with van der Waals surface area (Å²) in [6.45, 7) is 3.36. The summed E-state index contributed by atoms with van der Waals surface area (Å²) in [6, 6.07) is 10.1. The van der Waals surface area contributed by atoms with Gasteiger partial charge in [0.05, 0.1) is 11.2 Å². The average Bonchev–Trinajstić information content (AvgIpc) is 2.80. The van der Waals surface area contributed by atoms with Crippen LogP contribution in [-0.4, -0.2) is 28.7 Å². The van der Waals surface area contributed by atoms with Crippen LogP contribution in [0.4, 0.5) is 29.5 Å². The van der Waals surface area contributed by atoms with Gasteiger partial charge in [-0.3, -0.25) is 4.79 Å². The molecule has 2 aromatic heterocycles. The van der Waals surface area contributed by atoms with Crippen molar-refractivity contribution in [2.45, 2.75) is 32.5 Å². The molecule has 0 bridgehead atoms. The number of carbonyl (C=O) groups is 1. The summed E-state index contributed by atoms with van der Waals surface area (Å²) in [5.74, 6) is 0.761. The smallest absolute Gasteiger partial charge is 0.356 e. The van der Waals surface area contributed by atoms with Crippen LogP contribution in [0.1, 0.15) is 31.0 Å². The molecule has 1 fully saturated rings. The maximum atomic E-state index is 13.3. The van der Waals surface area contributed by atoms with Crippen LogP contribution < -0.4 is 21.1 Å². The van der Waals surface area contributed by atoms with Gasteiger partial charge in [0.2, 0.25) is 0 Å². The van der Waals surface area contributed by atoms with E-state index in [2.05, 4.69) is 22.5 Å². The molecule has 1 aliphatic rings. The largest absolute Gasteiger partial charge is 0.433 e. The first-order valence-corrected chi connectivity index (χ1v) is 11.1. The average molecular weight is 473 g/mol. The van der Waals surface area contributed by atoms with Crippen molar-refractivity contribution in [2.75, 3.05) is 23.3 Å². The van der Waals surface area contributed by atoms with E-state index < -0.39 is 17.9 Å². The molecule has 180 valence electrons. The SMILES string of the molecule is CC1CCN(c2nc(C(F)(F)F)ccc2CNC(=O)Nc2cccc3c2ccc(=O)n3C)CC1. The third-order valence-electron chi connectivity index (χ3n) is 6.18. The Kier molecular flexibility index (Phi) is 6.49. The van der Waals surface area contributed by atoms with Gasteiger partial charge in [0.15, 0.2) is 0 Å². The molecule has 7 nitrogen and oxygen atoms in total. The predicted molar refractivity (Wildman–Crippen MR) is 125 cm³/mol. The second-order valence-corrected chi connectivity index (χ2v) is 8.62. The molecular weight excluding hydrogens is 447 g/mol. The van der Waals surface area contributed by atoms with Crippen LogP contribution in [0.2, 0.25) is 0 Å². The lowest BCUT2D eigenvalue weighted by molar-refractivity contribution is -0.141. The number of fused-ring (bicyclic) bond motifs is 1. The molecule has 0 spiro atoms. The highest BCUT2D eigenvalue weighted by Crippen LogP contribution is 2.32. The van der Waals surface area contributed by atoms with Crippen molar-refractivity contribution in [2.24, 2.45) is 13.0 Å². The first kappa shape index (κ1) is 23.6. The second kappa shape index (κ2) is 9.36. The standard InChI is InChI=1S/C24H26F3N5O2/c1-15-10-12-32(13-11-15)22-16(6-8-20(30-22)24(25,26)27)14-28-23(34)29-18-4-3-5-19-17(18)7-9-21(33)31(19)2/h3-9,15H,10-14H2,1-2H3,(H2,28,29,34). The number of hydrogen-bond donors (Lipinski definition) is 2. The number of aromatic nitrogens is 2. The summed E-state index contributed by atoms with van der Waals surface area (Å²) in [4.78, 5) is 30.3. The topological polar surface area (TPSA) is 79.3 Å². The first-order valence-electron chi connectivity index (χ1n) is 11.1. The lowest BCUT2D eigenvalue weighted by Crippen LogP contribution is -2.35. The van der Waals surface area contributed by atoms with E-state index in [1.807, 2.05) is 4.90 Å². The van der Waals surface area contributed by atoms with E-state index in [9.17, 15) is 22.8 Å². The minimum Gasteiger partial charge on any atom is -0.356 e. The summed E-state index contributed by atoms with van der Waals surface area (Å²) in [6.07, 6.45) is -2.81. The van der Waals surface area contributed by atoms with Crippen molar-refractivity contribution >= 4 is 28.4 Å². The Balaban J connectivity index is 1.53. The Bertz CT molecular complexity index is 1260. The van der Waals surface area contributed by atoms with Gasteiger partial charge in [0.1, 0.15) is 11.5 Å². The number of benzene rings is 1. The molecular formula is C24H26F3N5O2. The number of carbonyl (C=O) groups excluding carboxylic acids is 1. The van der Waals surface area contributed by atoms with Crippen LogP contribution in [-0.2, 0) is 19.8 Å². The molecule has 2 N–H and O–H groups in total. The van der Waals surface area contributed by atoms with Crippen LogP contribution in [0, 0.1) is 5.92 Å². The molecule has 10 heteroatoms. The Hall–Kier alpha value is -3.56. The highest BCUT2D eigenvalue weighted by Gasteiger charge is 2.34. The first-order chi connectivity index (χ1) is 16.1. The molecule has 2 amide bonds. The van der Waals surface area contributed by atoms with Crippen LogP contribution >= 0.6 is 0 Å². The Morgan fingerprint density at radius 3 is 2.56 bits per heavy atom. The maximum absolute atomic E-state index is 13.3. The highest BCUT2D eigenvalue weighted by molar-refractivity contribution is 6.00. The fourth-order valence-electron chi connectivity index (χ4n) is 4.12. The number of hydrogen-bond acceptors (Lipinski definition) is 4. The number of piperidine rings is 1. The lowest BCUT2D eigenvalue weighted by atomic mass is 9.99. The van der Waals surface area contributed by atoms with Gasteiger partial charge in [-0.2, -0.15) is 13.2 Å². The summed E-state index contributed by atoms with van der Waals surface area (Å²) in [5, 5.41) is 6.17. The molecule has 3 aromatic rings. The third-order valence-corrected chi connectivity index (χ3v) is 6.18. The summed E-state index contributed by atoms with van der Waals surface area (Å²) >= 11 is 0. The normalized spacial score (nSPS) is 14.9. The quantitative estimate of drug-likeness (QED) is 0.585. The van der Waals surface area contributed by atoms with Gasteiger partial charge in [-0.05, 0) is 43.0 Å². The van der Waals surface area contributed by atoms with Crippen LogP contribution in [0.3, 0.4) is 0 Å². The number of anilines is 2. The van der Waals surface area contributed by atoms with Crippen LogP contribution in [0.15, 0.2) is 47.3 Å². The number of pyridine rings is 2. The number of amides is 2.